The van der Waals surface area contributed by atoms with Crippen molar-refractivity contribution in [1.82, 2.24) is 4.90 Å². The van der Waals surface area contributed by atoms with E-state index in [1.165, 1.54) is 0 Å². The minimum Gasteiger partial charge on any atom is -0.481 e. The lowest BCUT2D eigenvalue weighted by atomic mass is 9.90. The summed E-state index contributed by atoms with van der Waals surface area (Å²) in [4.78, 5) is 25.5. The third-order valence-corrected chi connectivity index (χ3v) is 5.45. The van der Waals surface area contributed by atoms with Crippen molar-refractivity contribution in [2.24, 2.45) is 11.3 Å². The smallest absolute Gasteiger partial charge is 0.387 e. The Bertz CT molecular complexity index is 688. The Labute approximate surface area is 144 Å². The number of halogens is 2. The quantitative estimate of drug-likeness (QED) is 0.902. The molecule has 2 fully saturated rings. The van der Waals surface area contributed by atoms with Crippen LogP contribution < -0.4 is 4.74 Å². The van der Waals surface area contributed by atoms with Crippen molar-refractivity contribution in [3.63, 3.8) is 0 Å². The number of hydrogen-bond acceptors (Lipinski definition) is 3. The van der Waals surface area contributed by atoms with Gasteiger partial charge in [0.25, 0.3) is 5.91 Å². The van der Waals surface area contributed by atoms with E-state index < -0.39 is 12.6 Å². The summed E-state index contributed by atoms with van der Waals surface area (Å²) in [6.07, 6.45) is 2.09. The SMILES string of the molecule is Cc1cc(C(=O)N2CCC3(CC2)CC3C(=O)O)cc(C)c1OC(F)F. The average molecular weight is 353 g/mol. The molecular formula is C18H21F2NO4. The predicted molar refractivity (Wildman–Crippen MR) is 85.9 cm³/mol. The van der Waals surface area contributed by atoms with Crippen LogP contribution in [0.1, 0.15) is 40.7 Å². The first-order valence-electron chi connectivity index (χ1n) is 8.32. The van der Waals surface area contributed by atoms with Gasteiger partial charge in [-0.3, -0.25) is 9.59 Å². The van der Waals surface area contributed by atoms with E-state index in [1.807, 2.05) is 0 Å². The molecule has 1 N–H and O–H groups in total. The third-order valence-electron chi connectivity index (χ3n) is 5.45. The van der Waals surface area contributed by atoms with Crippen LogP contribution in [0, 0.1) is 25.2 Å². The van der Waals surface area contributed by atoms with Crippen molar-refractivity contribution in [2.75, 3.05) is 13.1 Å². The molecular weight excluding hydrogens is 332 g/mol. The molecule has 1 aliphatic heterocycles. The lowest BCUT2D eigenvalue weighted by Gasteiger charge is -2.33. The van der Waals surface area contributed by atoms with Crippen LogP contribution in [-0.4, -0.2) is 41.6 Å². The standard InChI is InChI=1S/C18H21F2NO4/c1-10-7-12(8-11(2)14(10)25-17(19)20)15(22)21-5-3-18(4-6-21)9-13(18)16(23)24/h7-8,13,17H,3-6,9H2,1-2H3,(H,23,24). The molecule has 0 radical (unpaired) electrons. The van der Waals surface area contributed by atoms with Crippen molar-refractivity contribution in [3.05, 3.63) is 28.8 Å². The molecule has 1 saturated carbocycles. The number of alkyl halides is 2. The van der Waals surface area contributed by atoms with Crippen molar-refractivity contribution in [1.29, 1.82) is 0 Å². The van der Waals surface area contributed by atoms with Gasteiger partial charge < -0.3 is 14.7 Å². The summed E-state index contributed by atoms with van der Waals surface area (Å²) in [7, 11) is 0. The molecule has 1 amide bonds. The van der Waals surface area contributed by atoms with Gasteiger partial charge in [0.1, 0.15) is 5.75 Å². The fourth-order valence-corrected chi connectivity index (χ4v) is 3.94. The number of carboxylic acids is 1. The van der Waals surface area contributed by atoms with Crippen LogP contribution in [-0.2, 0) is 4.79 Å². The van der Waals surface area contributed by atoms with Crippen molar-refractivity contribution in [2.45, 2.75) is 39.7 Å². The van der Waals surface area contributed by atoms with Crippen LogP contribution in [0.15, 0.2) is 12.1 Å². The molecule has 5 nitrogen and oxygen atoms in total. The van der Waals surface area contributed by atoms with Gasteiger partial charge in [0.05, 0.1) is 5.92 Å². The number of aliphatic carboxylic acids is 1. The van der Waals surface area contributed by atoms with E-state index in [4.69, 9.17) is 5.11 Å². The number of hydrogen-bond donors (Lipinski definition) is 1. The molecule has 1 aromatic carbocycles. The fraction of sp³-hybridized carbons (Fsp3) is 0.556. The highest BCUT2D eigenvalue weighted by Crippen LogP contribution is 2.59. The highest BCUT2D eigenvalue weighted by Gasteiger charge is 2.59. The minimum atomic E-state index is -2.90. The molecule has 1 spiro atoms. The van der Waals surface area contributed by atoms with Gasteiger partial charge in [-0.25, -0.2) is 0 Å². The van der Waals surface area contributed by atoms with Gasteiger partial charge in [-0.05, 0) is 61.8 Å². The number of nitrogens with zero attached hydrogens (tertiary/aromatic N) is 1. The lowest BCUT2D eigenvalue weighted by molar-refractivity contribution is -0.139. The summed E-state index contributed by atoms with van der Waals surface area (Å²) >= 11 is 0. The van der Waals surface area contributed by atoms with Crippen LogP contribution in [0.3, 0.4) is 0 Å². The second-order valence-corrected chi connectivity index (χ2v) is 7.07. The molecule has 1 aromatic rings. The number of carbonyl (C=O) groups excluding carboxylic acids is 1. The maximum atomic E-state index is 12.7. The number of carbonyl (C=O) groups is 2. The second kappa shape index (κ2) is 6.28. The topological polar surface area (TPSA) is 66.8 Å². The van der Waals surface area contributed by atoms with Crippen LogP contribution in [0.2, 0.25) is 0 Å². The van der Waals surface area contributed by atoms with E-state index in [0.29, 0.717) is 49.0 Å². The van der Waals surface area contributed by atoms with E-state index in [1.54, 1.807) is 30.9 Å². The molecule has 0 bridgehead atoms. The molecule has 1 unspecified atom stereocenters. The normalized spacial score (nSPS) is 21.5. The second-order valence-electron chi connectivity index (χ2n) is 7.07. The molecule has 1 aliphatic carbocycles. The predicted octanol–water partition coefficient (Wildman–Crippen LogP) is 3.23. The summed E-state index contributed by atoms with van der Waals surface area (Å²) in [6.45, 7) is 1.41. The number of ether oxygens (including phenoxy) is 1. The Hall–Kier alpha value is -2.18. The average Bonchev–Trinajstić information content (AvgIpc) is 3.24. The molecule has 0 aromatic heterocycles. The largest absolute Gasteiger partial charge is 0.481 e. The van der Waals surface area contributed by atoms with E-state index >= 15 is 0 Å². The number of amides is 1. The molecule has 25 heavy (non-hydrogen) atoms. The maximum absolute atomic E-state index is 12.7. The lowest BCUT2D eigenvalue weighted by Crippen LogP contribution is -2.40. The highest BCUT2D eigenvalue weighted by molar-refractivity contribution is 5.95. The van der Waals surface area contributed by atoms with Gasteiger partial charge in [-0.1, -0.05) is 0 Å². The zero-order chi connectivity index (χ0) is 18.4. The Morgan fingerprint density at radius 1 is 1.24 bits per heavy atom. The number of carboxylic acid groups (broad SMARTS) is 1. The van der Waals surface area contributed by atoms with E-state index in [2.05, 4.69) is 4.74 Å². The van der Waals surface area contributed by atoms with E-state index in [0.717, 1.165) is 0 Å². The third kappa shape index (κ3) is 3.32. The maximum Gasteiger partial charge on any atom is 0.387 e. The van der Waals surface area contributed by atoms with Crippen LogP contribution in [0.4, 0.5) is 8.78 Å². The van der Waals surface area contributed by atoms with Crippen molar-refractivity contribution in [3.8, 4) is 5.75 Å². The molecule has 1 atom stereocenters. The monoisotopic (exact) mass is 353 g/mol. The number of likely N-dealkylation sites (tertiary alicyclic amines) is 1. The zero-order valence-corrected chi connectivity index (χ0v) is 14.2. The Morgan fingerprint density at radius 2 is 1.80 bits per heavy atom. The number of aryl methyl sites for hydroxylation is 2. The molecule has 3 rings (SSSR count). The van der Waals surface area contributed by atoms with Crippen LogP contribution >= 0.6 is 0 Å². The molecule has 1 saturated heterocycles. The van der Waals surface area contributed by atoms with E-state index in [9.17, 15) is 18.4 Å². The first-order valence-corrected chi connectivity index (χ1v) is 8.32. The summed E-state index contributed by atoms with van der Waals surface area (Å²) in [6, 6.07) is 3.13. The van der Waals surface area contributed by atoms with Gasteiger partial charge in [-0.15, -0.1) is 0 Å². The van der Waals surface area contributed by atoms with Crippen LogP contribution in [0.5, 0.6) is 5.75 Å². The number of rotatable bonds is 4. The molecule has 1 heterocycles. The summed E-state index contributed by atoms with van der Waals surface area (Å²) in [5, 5.41) is 9.13. The highest BCUT2D eigenvalue weighted by atomic mass is 19.3. The van der Waals surface area contributed by atoms with E-state index in [-0.39, 0.29) is 23.0 Å². The summed E-state index contributed by atoms with van der Waals surface area (Å²) in [5.74, 6) is -1.08. The Morgan fingerprint density at radius 3 is 2.24 bits per heavy atom. The first-order chi connectivity index (χ1) is 11.7. The fourth-order valence-electron chi connectivity index (χ4n) is 3.94. The molecule has 7 heteroatoms. The van der Waals surface area contributed by atoms with Crippen molar-refractivity contribution >= 4 is 11.9 Å². The van der Waals surface area contributed by atoms with Crippen LogP contribution in [0.25, 0.3) is 0 Å². The van der Waals surface area contributed by atoms with Gasteiger partial charge in [0, 0.05) is 18.7 Å². The first kappa shape index (κ1) is 17.6. The number of benzene rings is 1. The summed E-state index contributed by atoms with van der Waals surface area (Å²) in [5.41, 5.74) is 1.29. The van der Waals surface area contributed by atoms with Gasteiger partial charge in [-0.2, -0.15) is 8.78 Å². The summed E-state index contributed by atoms with van der Waals surface area (Å²) < 4.78 is 29.4. The Balaban J connectivity index is 1.69. The molecule has 2 aliphatic rings. The minimum absolute atomic E-state index is 0.103. The zero-order valence-electron chi connectivity index (χ0n) is 14.2. The van der Waals surface area contributed by atoms with Gasteiger partial charge >= 0.3 is 12.6 Å². The Kier molecular flexibility index (Phi) is 4.43. The van der Waals surface area contributed by atoms with Gasteiger partial charge in [0.15, 0.2) is 0 Å². The van der Waals surface area contributed by atoms with Crippen molar-refractivity contribution < 1.29 is 28.2 Å². The number of piperidine rings is 1. The molecule has 136 valence electrons. The van der Waals surface area contributed by atoms with Gasteiger partial charge in [0.2, 0.25) is 0 Å².